The zero-order chi connectivity index (χ0) is 11.9. The second-order valence-electron chi connectivity index (χ2n) is 4.09. The van der Waals surface area contributed by atoms with Crippen molar-refractivity contribution < 1.29 is 0 Å². The van der Waals surface area contributed by atoms with Gasteiger partial charge in [-0.3, -0.25) is 9.97 Å². The molecule has 18 heavy (non-hydrogen) atoms. The van der Waals surface area contributed by atoms with Crippen LogP contribution < -0.4 is 0 Å². The van der Waals surface area contributed by atoms with Crippen LogP contribution in [-0.4, -0.2) is 19.9 Å². The molecule has 1 aromatic carbocycles. The van der Waals surface area contributed by atoms with E-state index in [1.165, 1.54) is 0 Å². The Morgan fingerprint density at radius 2 is 1.67 bits per heavy atom. The number of hydrogen-bond donors (Lipinski definition) is 0. The van der Waals surface area contributed by atoms with Crippen molar-refractivity contribution in [1.82, 2.24) is 19.9 Å². The van der Waals surface area contributed by atoms with Gasteiger partial charge >= 0.3 is 0 Å². The lowest BCUT2D eigenvalue weighted by atomic mass is 10.2. The highest BCUT2D eigenvalue weighted by Gasteiger charge is 2.04. The van der Waals surface area contributed by atoms with Crippen LogP contribution in [0.3, 0.4) is 0 Å². The standard InChI is InChI=1S/C14H8N4/c1-2-10-12(15-6-1)8-17-14-11(18-10)4-3-9-5-7-16-13(9)14/h1-8H. The number of rotatable bonds is 0. The van der Waals surface area contributed by atoms with E-state index in [1.54, 1.807) is 18.6 Å². The number of nitrogens with zero attached hydrogens (tertiary/aromatic N) is 4. The Balaban J connectivity index is 2.29. The van der Waals surface area contributed by atoms with Crippen LogP contribution in [0.5, 0.6) is 0 Å². The minimum atomic E-state index is 0.786. The molecule has 0 amide bonds. The SMILES string of the molecule is c1cnc2cnc3c(ccc4ccnc43)nc2c1. The van der Waals surface area contributed by atoms with Gasteiger partial charge in [0, 0.05) is 17.8 Å². The Kier molecular flexibility index (Phi) is 1.80. The Bertz CT molecular complexity index is 886. The fourth-order valence-corrected chi connectivity index (χ4v) is 2.12. The summed E-state index contributed by atoms with van der Waals surface area (Å²) in [6, 6.07) is 9.77. The van der Waals surface area contributed by atoms with E-state index in [0.717, 1.165) is 33.0 Å². The van der Waals surface area contributed by atoms with E-state index in [0.29, 0.717) is 0 Å². The van der Waals surface area contributed by atoms with E-state index in [1.807, 2.05) is 30.3 Å². The van der Waals surface area contributed by atoms with Gasteiger partial charge in [-0.1, -0.05) is 6.07 Å². The molecule has 0 N–H and O–H groups in total. The van der Waals surface area contributed by atoms with E-state index >= 15 is 0 Å². The Morgan fingerprint density at radius 1 is 0.667 bits per heavy atom. The predicted molar refractivity (Wildman–Crippen MR) is 70.1 cm³/mol. The molecule has 0 bridgehead atoms. The van der Waals surface area contributed by atoms with Crippen molar-refractivity contribution in [3.8, 4) is 0 Å². The van der Waals surface area contributed by atoms with E-state index < -0.39 is 0 Å². The molecule has 84 valence electrons. The third-order valence-electron chi connectivity index (χ3n) is 2.99. The number of fused-ring (bicyclic) bond motifs is 4. The van der Waals surface area contributed by atoms with Crippen LogP contribution in [0.1, 0.15) is 0 Å². The second-order valence-corrected chi connectivity index (χ2v) is 4.09. The summed E-state index contributed by atoms with van der Waals surface area (Å²) in [5, 5.41) is 1.08. The normalized spacial score (nSPS) is 11.3. The third kappa shape index (κ3) is 1.26. The van der Waals surface area contributed by atoms with Crippen LogP contribution in [-0.2, 0) is 0 Å². The molecule has 0 unspecified atom stereocenters. The first-order valence-electron chi connectivity index (χ1n) is 5.67. The molecule has 0 aliphatic carbocycles. The molecule has 0 spiro atoms. The highest BCUT2D eigenvalue weighted by Crippen LogP contribution is 2.21. The first-order chi connectivity index (χ1) is 8.92. The number of benzene rings is 1. The van der Waals surface area contributed by atoms with Gasteiger partial charge in [-0.15, -0.1) is 0 Å². The van der Waals surface area contributed by atoms with E-state index in [9.17, 15) is 0 Å². The summed E-state index contributed by atoms with van der Waals surface area (Å²) in [4.78, 5) is 17.7. The molecule has 4 aromatic rings. The molecular formula is C14H8N4. The first kappa shape index (κ1) is 9.41. The fraction of sp³-hybridized carbons (Fsp3) is 0. The van der Waals surface area contributed by atoms with Crippen molar-refractivity contribution >= 4 is 33.0 Å². The minimum absolute atomic E-state index is 0.786. The smallest absolute Gasteiger partial charge is 0.115 e. The molecule has 0 aliphatic rings. The van der Waals surface area contributed by atoms with Gasteiger partial charge < -0.3 is 0 Å². The zero-order valence-corrected chi connectivity index (χ0v) is 9.41. The molecule has 0 aliphatic heterocycles. The minimum Gasteiger partial charge on any atom is -0.254 e. The van der Waals surface area contributed by atoms with Crippen molar-refractivity contribution in [2.45, 2.75) is 0 Å². The molecule has 0 saturated carbocycles. The summed E-state index contributed by atoms with van der Waals surface area (Å²) >= 11 is 0. The quantitative estimate of drug-likeness (QED) is 0.467. The average molecular weight is 232 g/mol. The summed E-state index contributed by atoms with van der Waals surface area (Å²) in [5.41, 5.74) is 4.17. The van der Waals surface area contributed by atoms with Gasteiger partial charge in [0.1, 0.15) is 11.0 Å². The average Bonchev–Trinajstić information content (AvgIpc) is 2.79. The topological polar surface area (TPSA) is 51.6 Å². The summed E-state index contributed by atoms with van der Waals surface area (Å²) < 4.78 is 0. The second kappa shape index (κ2) is 3.43. The van der Waals surface area contributed by atoms with Gasteiger partial charge in [0.15, 0.2) is 0 Å². The van der Waals surface area contributed by atoms with Crippen molar-refractivity contribution in [3.05, 3.63) is 48.9 Å². The van der Waals surface area contributed by atoms with Gasteiger partial charge in [0.2, 0.25) is 0 Å². The van der Waals surface area contributed by atoms with Gasteiger partial charge in [-0.05, 0) is 24.3 Å². The fourth-order valence-electron chi connectivity index (χ4n) is 2.12. The number of pyridine rings is 1. The maximum Gasteiger partial charge on any atom is 0.115 e. The molecule has 4 rings (SSSR count). The lowest BCUT2D eigenvalue weighted by Crippen LogP contribution is -1.78. The summed E-state index contributed by atoms with van der Waals surface area (Å²) in [7, 11) is 0. The van der Waals surface area contributed by atoms with Crippen molar-refractivity contribution in [1.29, 1.82) is 0 Å². The monoisotopic (exact) mass is 232 g/mol. The summed E-state index contributed by atoms with van der Waals surface area (Å²) in [6.45, 7) is 0. The highest BCUT2D eigenvalue weighted by molar-refractivity contribution is 6.02. The molecule has 0 radical (unpaired) electrons. The van der Waals surface area contributed by atoms with Crippen molar-refractivity contribution in [3.63, 3.8) is 0 Å². The maximum atomic E-state index is 4.60. The van der Waals surface area contributed by atoms with Crippen LogP contribution in [0.25, 0.3) is 33.0 Å². The largest absolute Gasteiger partial charge is 0.254 e. The van der Waals surface area contributed by atoms with Gasteiger partial charge in [-0.25, -0.2) is 9.97 Å². The Labute approximate surface area is 102 Å². The molecule has 4 nitrogen and oxygen atoms in total. The van der Waals surface area contributed by atoms with Gasteiger partial charge in [0.05, 0.1) is 22.7 Å². The molecule has 3 heterocycles. The molecule has 3 aromatic heterocycles. The molecule has 0 saturated heterocycles. The van der Waals surface area contributed by atoms with E-state index in [4.69, 9.17) is 0 Å². The van der Waals surface area contributed by atoms with E-state index in [-0.39, 0.29) is 0 Å². The Morgan fingerprint density at radius 3 is 2.67 bits per heavy atom. The Hall–Kier alpha value is -2.62. The van der Waals surface area contributed by atoms with Crippen LogP contribution >= 0.6 is 0 Å². The van der Waals surface area contributed by atoms with Crippen LogP contribution in [0.15, 0.2) is 48.9 Å². The maximum absolute atomic E-state index is 4.60. The van der Waals surface area contributed by atoms with Gasteiger partial charge in [-0.2, -0.15) is 0 Å². The molecular weight excluding hydrogens is 224 g/mol. The zero-order valence-electron chi connectivity index (χ0n) is 9.41. The van der Waals surface area contributed by atoms with Crippen LogP contribution in [0.4, 0.5) is 0 Å². The lowest BCUT2D eigenvalue weighted by Gasteiger charge is -1.92. The van der Waals surface area contributed by atoms with Crippen LogP contribution in [0, 0.1) is 0 Å². The number of hydrogen-bond acceptors (Lipinski definition) is 4. The van der Waals surface area contributed by atoms with Crippen molar-refractivity contribution in [2.75, 3.05) is 0 Å². The predicted octanol–water partition coefficient (Wildman–Crippen LogP) is 2.73. The summed E-state index contributed by atoms with van der Waals surface area (Å²) in [5.74, 6) is 0. The molecule has 0 atom stereocenters. The van der Waals surface area contributed by atoms with E-state index in [2.05, 4.69) is 19.9 Å². The molecule has 0 fully saturated rings. The first-order valence-corrected chi connectivity index (χ1v) is 5.67. The number of aromatic nitrogens is 4. The van der Waals surface area contributed by atoms with Gasteiger partial charge in [0.25, 0.3) is 0 Å². The summed E-state index contributed by atoms with van der Waals surface area (Å²) in [6.07, 6.45) is 5.28. The van der Waals surface area contributed by atoms with Crippen LogP contribution in [0.2, 0.25) is 0 Å². The molecule has 4 heteroatoms. The lowest BCUT2D eigenvalue weighted by molar-refractivity contribution is 1.37. The van der Waals surface area contributed by atoms with Crippen molar-refractivity contribution in [2.24, 2.45) is 0 Å². The highest BCUT2D eigenvalue weighted by atomic mass is 14.8. The third-order valence-corrected chi connectivity index (χ3v) is 2.99.